The standard InChI is InChI=1S/C21H19BrClF2NO2/c1-12(2)26-11-13(3)17-9-15(10-18(22)20(17)26)19(27)8-14-4-6-16(7-5-14)28-21(23,24)25/h4-7,9-12H,8H2,1-3H3. The van der Waals surface area contributed by atoms with Crippen LogP contribution in [0.3, 0.4) is 0 Å². The quantitative estimate of drug-likeness (QED) is 0.290. The summed E-state index contributed by atoms with van der Waals surface area (Å²) in [7, 11) is 0. The summed E-state index contributed by atoms with van der Waals surface area (Å²) in [5.41, 5.74) is -0.307. The highest BCUT2D eigenvalue weighted by molar-refractivity contribution is 9.10. The van der Waals surface area contributed by atoms with E-state index in [-0.39, 0.29) is 18.0 Å². The lowest BCUT2D eigenvalue weighted by Crippen LogP contribution is -2.15. The third-order valence-corrected chi connectivity index (χ3v) is 5.16. The highest BCUT2D eigenvalue weighted by Gasteiger charge is 2.27. The smallest absolute Gasteiger partial charge is 0.420 e. The number of hydrogen-bond donors (Lipinski definition) is 0. The molecule has 0 N–H and O–H groups in total. The fraction of sp³-hybridized carbons (Fsp3) is 0.286. The first-order valence-electron chi connectivity index (χ1n) is 8.73. The number of carbonyl (C=O) groups excluding carboxylic acids is 1. The highest BCUT2D eigenvalue weighted by atomic mass is 79.9. The van der Waals surface area contributed by atoms with Crippen molar-refractivity contribution in [1.82, 2.24) is 4.57 Å². The molecule has 0 aliphatic rings. The number of halogens is 4. The Morgan fingerprint density at radius 3 is 2.46 bits per heavy atom. The molecule has 0 unspecified atom stereocenters. The van der Waals surface area contributed by atoms with Gasteiger partial charge in [-0.3, -0.25) is 4.79 Å². The number of alkyl halides is 3. The SMILES string of the molecule is Cc1cn(C(C)C)c2c(Br)cc(C(=O)Cc3ccc(OC(F)(F)Cl)cc3)cc12. The van der Waals surface area contributed by atoms with Crippen molar-refractivity contribution in [2.45, 2.75) is 38.8 Å². The molecule has 0 fully saturated rings. The molecule has 0 bridgehead atoms. The zero-order chi connectivity index (χ0) is 20.6. The Hall–Kier alpha value is -1.92. The molecule has 7 heteroatoms. The van der Waals surface area contributed by atoms with Crippen LogP contribution in [-0.2, 0) is 6.42 Å². The summed E-state index contributed by atoms with van der Waals surface area (Å²) in [4.78, 5) is 12.8. The van der Waals surface area contributed by atoms with Gasteiger partial charge in [0.1, 0.15) is 5.75 Å². The van der Waals surface area contributed by atoms with Gasteiger partial charge in [-0.2, -0.15) is 0 Å². The molecular weight excluding hydrogens is 452 g/mol. The second-order valence-electron chi connectivity index (χ2n) is 6.96. The van der Waals surface area contributed by atoms with Crippen molar-refractivity contribution in [3.8, 4) is 5.75 Å². The van der Waals surface area contributed by atoms with Gasteiger partial charge in [-0.1, -0.05) is 12.1 Å². The van der Waals surface area contributed by atoms with Crippen LogP contribution in [0.25, 0.3) is 10.9 Å². The third kappa shape index (κ3) is 4.55. The zero-order valence-corrected chi connectivity index (χ0v) is 17.9. The molecule has 0 atom stereocenters. The molecular formula is C21H19BrClF2NO2. The van der Waals surface area contributed by atoms with Crippen LogP contribution in [0.1, 0.15) is 41.4 Å². The highest BCUT2D eigenvalue weighted by Crippen LogP contribution is 2.32. The molecule has 2 aromatic carbocycles. The number of aromatic nitrogens is 1. The molecule has 0 saturated carbocycles. The van der Waals surface area contributed by atoms with Crippen LogP contribution in [0.5, 0.6) is 5.75 Å². The predicted octanol–water partition coefficient (Wildman–Crippen LogP) is 6.89. The van der Waals surface area contributed by atoms with Gasteiger partial charge in [0.05, 0.1) is 5.52 Å². The Kier molecular flexibility index (Phi) is 5.82. The molecule has 0 aliphatic carbocycles. The zero-order valence-electron chi connectivity index (χ0n) is 15.6. The number of rotatable bonds is 6. The average Bonchev–Trinajstić information content (AvgIpc) is 2.93. The van der Waals surface area contributed by atoms with Gasteiger partial charge in [0.25, 0.3) is 0 Å². The summed E-state index contributed by atoms with van der Waals surface area (Å²) < 4.78 is 32.7. The summed E-state index contributed by atoms with van der Waals surface area (Å²) in [5, 5.41) is 1.03. The predicted molar refractivity (Wildman–Crippen MR) is 111 cm³/mol. The monoisotopic (exact) mass is 469 g/mol. The van der Waals surface area contributed by atoms with Crippen molar-refractivity contribution in [1.29, 1.82) is 0 Å². The van der Waals surface area contributed by atoms with Crippen LogP contribution in [0.2, 0.25) is 0 Å². The molecule has 1 heterocycles. The lowest BCUT2D eigenvalue weighted by Gasteiger charge is -2.12. The molecule has 0 aliphatic heterocycles. The lowest BCUT2D eigenvalue weighted by atomic mass is 10.0. The Bertz CT molecular complexity index is 1020. The van der Waals surface area contributed by atoms with Gasteiger partial charge >= 0.3 is 5.57 Å². The van der Waals surface area contributed by atoms with E-state index in [2.05, 4.69) is 45.3 Å². The van der Waals surface area contributed by atoms with Crippen LogP contribution in [0.15, 0.2) is 47.1 Å². The fourth-order valence-electron chi connectivity index (χ4n) is 3.17. The maximum absolute atomic E-state index is 12.8. The number of hydrogen-bond acceptors (Lipinski definition) is 2. The first-order valence-corrected chi connectivity index (χ1v) is 9.91. The van der Waals surface area contributed by atoms with Crippen LogP contribution in [0, 0.1) is 6.92 Å². The summed E-state index contributed by atoms with van der Waals surface area (Å²) in [6.07, 6.45) is 2.24. The second-order valence-corrected chi connectivity index (χ2v) is 8.25. The number of aryl methyl sites for hydroxylation is 1. The molecule has 3 aromatic rings. The summed E-state index contributed by atoms with van der Waals surface area (Å²) in [5.74, 6) is -0.123. The Labute approximate surface area is 175 Å². The summed E-state index contributed by atoms with van der Waals surface area (Å²) >= 11 is 8.35. The molecule has 1 aromatic heterocycles. The van der Waals surface area contributed by atoms with Crippen LogP contribution in [-0.4, -0.2) is 15.9 Å². The van der Waals surface area contributed by atoms with Gasteiger partial charge in [-0.05, 0) is 72.1 Å². The number of ketones is 1. The fourth-order valence-corrected chi connectivity index (χ4v) is 3.92. The molecule has 28 heavy (non-hydrogen) atoms. The summed E-state index contributed by atoms with van der Waals surface area (Å²) in [6.45, 7) is 6.24. The van der Waals surface area contributed by atoms with Gasteiger partial charge < -0.3 is 9.30 Å². The Balaban J connectivity index is 1.85. The largest absolute Gasteiger partial charge is 0.487 e. The minimum Gasteiger partial charge on any atom is -0.420 e. The van der Waals surface area contributed by atoms with Crippen molar-refractivity contribution < 1.29 is 18.3 Å². The van der Waals surface area contributed by atoms with Gasteiger partial charge in [0.2, 0.25) is 0 Å². The van der Waals surface area contributed by atoms with E-state index in [4.69, 9.17) is 11.6 Å². The molecule has 0 saturated heterocycles. The Morgan fingerprint density at radius 1 is 1.25 bits per heavy atom. The normalized spacial score (nSPS) is 12.0. The maximum Gasteiger partial charge on any atom is 0.487 e. The first kappa shape index (κ1) is 20.8. The van der Waals surface area contributed by atoms with Gasteiger partial charge in [0.15, 0.2) is 5.78 Å². The number of Topliss-reactive ketones (excluding diaryl/α,β-unsaturated/α-hetero) is 1. The van der Waals surface area contributed by atoms with Crippen LogP contribution >= 0.6 is 27.5 Å². The van der Waals surface area contributed by atoms with Crippen molar-refractivity contribution in [2.24, 2.45) is 0 Å². The number of nitrogens with zero attached hydrogens (tertiary/aromatic N) is 1. The van der Waals surface area contributed by atoms with E-state index in [1.165, 1.54) is 12.1 Å². The van der Waals surface area contributed by atoms with E-state index in [9.17, 15) is 13.6 Å². The average molecular weight is 471 g/mol. The van der Waals surface area contributed by atoms with Gasteiger partial charge in [0, 0.05) is 45.7 Å². The first-order chi connectivity index (χ1) is 13.0. The molecule has 3 nitrogen and oxygen atoms in total. The van der Waals surface area contributed by atoms with E-state index in [0.717, 1.165) is 20.9 Å². The van der Waals surface area contributed by atoms with Crippen molar-refractivity contribution >= 4 is 44.2 Å². The van der Waals surface area contributed by atoms with E-state index in [1.54, 1.807) is 12.1 Å². The van der Waals surface area contributed by atoms with Crippen molar-refractivity contribution in [3.05, 3.63) is 63.8 Å². The molecule has 3 rings (SSSR count). The third-order valence-electron chi connectivity index (χ3n) is 4.48. The van der Waals surface area contributed by atoms with E-state index in [0.29, 0.717) is 17.2 Å². The molecule has 148 valence electrons. The Morgan fingerprint density at radius 2 is 1.89 bits per heavy atom. The lowest BCUT2D eigenvalue weighted by molar-refractivity contribution is -0.0964. The van der Waals surface area contributed by atoms with Crippen molar-refractivity contribution in [2.75, 3.05) is 0 Å². The van der Waals surface area contributed by atoms with Crippen LogP contribution < -0.4 is 4.74 Å². The molecule has 0 amide bonds. The van der Waals surface area contributed by atoms with E-state index >= 15 is 0 Å². The van der Waals surface area contributed by atoms with Crippen LogP contribution in [0.4, 0.5) is 8.78 Å². The number of fused-ring (bicyclic) bond motifs is 1. The number of benzene rings is 2. The van der Waals surface area contributed by atoms with Crippen molar-refractivity contribution in [3.63, 3.8) is 0 Å². The van der Waals surface area contributed by atoms with E-state index in [1.807, 2.05) is 19.1 Å². The number of carbonyl (C=O) groups is 1. The topological polar surface area (TPSA) is 31.2 Å². The minimum atomic E-state index is -3.76. The van der Waals surface area contributed by atoms with E-state index < -0.39 is 5.57 Å². The second kappa shape index (κ2) is 7.84. The van der Waals surface area contributed by atoms with Gasteiger partial charge in [-0.15, -0.1) is 8.78 Å². The van der Waals surface area contributed by atoms with Gasteiger partial charge in [-0.25, -0.2) is 0 Å². The number of ether oxygens (including phenoxy) is 1. The molecule has 0 spiro atoms. The molecule has 0 radical (unpaired) electrons. The summed E-state index contributed by atoms with van der Waals surface area (Å²) in [6, 6.07) is 9.91. The maximum atomic E-state index is 12.8. The minimum absolute atomic E-state index is 0.0596.